The van der Waals surface area contributed by atoms with Gasteiger partial charge in [-0.2, -0.15) is 0 Å². The number of amides is 2. The molecule has 0 bridgehead atoms. The number of nitrogen functional groups attached to an aromatic ring is 1. The summed E-state index contributed by atoms with van der Waals surface area (Å²) in [6.07, 6.45) is 3.90. The molecule has 1 aromatic carbocycles. The lowest BCUT2D eigenvalue weighted by Gasteiger charge is -2.51. The molecule has 11 nitrogen and oxygen atoms in total. The fourth-order valence-corrected chi connectivity index (χ4v) is 6.74. The van der Waals surface area contributed by atoms with Crippen molar-refractivity contribution >= 4 is 75.1 Å². The van der Waals surface area contributed by atoms with Crippen LogP contribution in [0.25, 0.3) is 6.08 Å². The molecule has 0 spiro atoms. The Labute approximate surface area is 224 Å². The maximum absolute atomic E-state index is 13.1. The lowest BCUT2D eigenvalue weighted by atomic mass is 10.0. The quantitative estimate of drug-likeness (QED) is 0.218. The highest BCUT2D eigenvalue weighted by Gasteiger charge is 2.54. The topological polar surface area (TPSA) is 150 Å². The molecule has 3 N–H and O–H groups in total. The number of halogens is 1. The number of nitrogens with two attached hydrogens (primary N) is 1. The van der Waals surface area contributed by atoms with Crippen molar-refractivity contribution in [3.05, 3.63) is 57.3 Å². The lowest BCUT2D eigenvalue weighted by molar-refractivity contribution is -0.301. The standard InChI is InChI=1S/C23H21ClN6O5S2/c1-30(6-5-11-7-13(24)3-4-15(11)30)8-12-9-36-21-17(20(32)29(21)18(12)22(33)34)27-19(31)16(28-35-2)14-10-37-23(25)26-14/h3-7,10,17,21H,8-9H2,1-2H3,(H3-,25,26,27,31,33,34)/b28-16-/t17-,21-,30?/m1/s1. The fourth-order valence-electron chi connectivity index (χ4n) is 4.68. The van der Waals surface area contributed by atoms with Gasteiger partial charge in [0.1, 0.15) is 42.7 Å². The molecule has 0 radical (unpaired) electrons. The zero-order chi connectivity index (χ0) is 26.5. The molecular formula is C23H21ClN6O5S2. The largest absolute Gasteiger partial charge is 0.543 e. The third kappa shape index (κ3) is 4.37. The second-order valence-electron chi connectivity index (χ2n) is 8.74. The van der Waals surface area contributed by atoms with Crippen molar-refractivity contribution < 1.29 is 24.3 Å². The van der Waals surface area contributed by atoms with E-state index in [1.807, 2.05) is 31.5 Å². The molecule has 3 atom stereocenters. The minimum absolute atomic E-state index is 0.143. The Balaban J connectivity index is 1.37. The zero-order valence-electron chi connectivity index (χ0n) is 19.6. The Hall–Kier alpha value is -3.39. The van der Waals surface area contributed by atoms with Crippen LogP contribution in [0.5, 0.6) is 0 Å². The van der Waals surface area contributed by atoms with E-state index in [4.69, 9.17) is 22.2 Å². The SMILES string of the molecule is CO/N=C(\C(=O)N[C@@H]1C(=O)N2C(C(=O)[O-])=C(C[N+]3(C)C=Cc4cc(Cl)ccc43)CS[C@H]12)c1csc(N)n1. The number of fused-ring (bicyclic) bond motifs is 2. The lowest BCUT2D eigenvalue weighted by Crippen LogP contribution is -2.71. The number of thioether (sulfide) groups is 1. The van der Waals surface area contributed by atoms with Crippen LogP contribution >= 0.6 is 34.7 Å². The first-order chi connectivity index (χ1) is 17.6. The van der Waals surface area contributed by atoms with Gasteiger partial charge in [0, 0.05) is 39.4 Å². The van der Waals surface area contributed by atoms with Gasteiger partial charge < -0.3 is 25.8 Å². The second-order valence-corrected chi connectivity index (χ2v) is 11.2. The monoisotopic (exact) mass is 560 g/mol. The summed E-state index contributed by atoms with van der Waals surface area (Å²) in [6, 6.07) is 4.59. The third-order valence-corrected chi connectivity index (χ3v) is 8.58. The van der Waals surface area contributed by atoms with E-state index in [1.165, 1.54) is 23.8 Å². The van der Waals surface area contributed by atoms with Crippen LogP contribution in [-0.4, -0.2) is 71.3 Å². The van der Waals surface area contributed by atoms with Gasteiger partial charge in [-0.1, -0.05) is 16.8 Å². The molecule has 14 heteroatoms. The average Bonchev–Trinajstić information content (AvgIpc) is 3.42. The first-order valence-corrected chi connectivity index (χ1v) is 13.3. The summed E-state index contributed by atoms with van der Waals surface area (Å²) in [6.45, 7) is 0.324. The summed E-state index contributed by atoms with van der Waals surface area (Å²) in [7, 11) is 3.23. The van der Waals surface area contributed by atoms with Crippen LogP contribution in [0.15, 0.2) is 46.2 Å². The van der Waals surface area contributed by atoms with Crippen molar-refractivity contribution in [3.63, 3.8) is 0 Å². The number of carbonyl (C=O) groups is 3. The number of aromatic nitrogens is 1. The molecule has 1 aromatic heterocycles. The number of nitrogens with one attached hydrogen (secondary N) is 1. The van der Waals surface area contributed by atoms with Crippen molar-refractivity contribution in [3.8, 4) is 0 Å². The molecule has 192 valence electrons. The maximum Gasteiger partial charge on any atom is 0.276 e. The Morgan fingerprint density at radius 1 is 1.43 bits per heavy atom. The molecule has 2 amide bonds. The first kappa shape index (κ1) is 25.3. The van der Waals surface area contributed by atoms with Crippen LogP contribution in [0, 0.1) is 0 Å². The van der Waals surface area contributed by atoms with Gasteiger partial charge in [-0.15, -0.1) is 23.1 Å². The van der Waals surface area contributed by atoms with Crippen LogP contribution in [0.1, 0.15) is 11.3 Å². The van der Waals surface area contributed by atoms with Crippen LogP contribution in [0.3, 0.4) is 0 Å². The van der Waals surface area contributed by atoms with Gasteiger partial charge in [-0.3, -0.25) is 19.0 Å². The number of benzene rings is 1. The van der Waals surface area contributed by atoms with Gasteiger partial charge >= 0.3 is 0 Å². The normalized spacial score (nSPS) is 24.5. The molecule has 37 heavy (non-hydrogen) atoms. The number of quaternary nitrogens is 1. The van der Waals surface area contributed by atoms with Gasteiger partial charge in [0.05, 0.1) is 18.7 Å². The Kier molecular flexibility index (Phi) is 6.48. The highest BCUT2D eigenvalue weighted by molar-refractivity contribution is 8.00. The van der Waals surface area contributed by atoms with Crippen LogP contribution in [0.2, 0.25) is 5.02 Å². The van der Waals surface area contributed by atoms with Gasteiger partial charge in [-0.05, 0) is 12.1 Å². The number of hydrogen-bond donors (Lipinski definition) is 2. The number of anilines is 1. The number of carbonyl (C=O) groups excluding carboxylic acids is 3. The Morgan fingerprint density at radius 2 is 2.22 bits per heavy atom. The number of β-lactam (4-membered cyclic amide) rings is 1. The number of nitrogens with zero attached hydrogens (tertiary/aromatic N) is 4. The van der Waals surface area contributed by atoms with Crippen molar-refractivity contribution in [2.24, 2.45) is 5.16 Å². The number of likely N-dealkylation sites (N-methyl/N-ethyl adjacent to an activating group) is 1. The van der Waals surface area contributed by atoms with Gasteiger partial charge in [0.15, 0.2) is 10.8 Å². The van der Waals surface area contributed by atoms with Crippen LogP contribution < -0.4 is 20.6 Å². The number of oxime groups is 1. The molecular weight excluding hydrogens is 540 g/mol. The number of carboxylic acid groups (broad SMARTS) is 1. The summed E-state index contributed by atoms with van der Waals surface area (Å²) in [5, 5.41) is 20.4. The van der Waals surface area contributed by atoms with Gasteiger partial charge in [-0.25, -0.2) is 4.98 Å². The van der Waals surface area contributed by atoms with E-state index in [-0.39, 0.29) is 22.2 Å². The van der Waals surface area contributed by atoms with E-state index < -0.39 is 29.2 Å². The minimum atomic E-state index is -1.44. The third-order valence-electron chi connectivity index (χ3n) is 6.33. The summed E-state index contributed by atoms with van der Waals surface area (Å²) in [5.41, 5.74) is 8.04. The molecule has 3 aliphatic rings. The summed E-state index contributed by atoms with van der Waals surface area (Å²) in [5.74, 6) is -2.34. The van der Waals surface area contributed by atoms with E-state index in [0.717, 1.165) is 22.6 Å². The molecule has 0 aliphatic carbocycles. The van der Waals surface area contributed by atoms with Crippen molar-refractivity contribution in [1.29, 1.82) is 0 Å². The molecule has 3 aliphatic heterocycles. The summed E-state index contributed by atoms with van der Waals surface area (Å²) < 4.78 is 0.319. The minimum Gasteiger partial charge on any atom is -0.543 e. The number of aliphatic carboxylic acids is 1. The first-order valence-electron chi connectivity index (χ1n) is 11.0. The van der Waals surface area contributed by atoms with Gasteiger partial charge in [0.25, 0.3) is 11.8 Å². The number of thiazole rings is 1. The van der Waals surface area contributed by atoms with E-state index in [2.05, 4.69) is 15.5 Å². The molecule has 5 rings (SSSR count). The number of carboxylic acids is 1. The number of hydrogen-bond acceptors (Lipinski definition) is 10. The van der Waals surface area contributed by atoms with E-state index in [1.54, 1.807) is 11.4 Å². The number of rotatable bonds is 7. The molecule has 1 fully saturated rings. The van der Waals surface area contributed by atoms with E-state index in [9.17, 15) is 19.5 Å². The molecule has 4 heterocycles. The van der Waals surface area contributed by atoms with Crippen molar-refractivity contribution in [2.45, 2.75) is 11.4 Å². The predicted molar refractivity (Wildman–Crippen MR) is 140 cm³/mol. The maximum atomic E-state index is 13.1. The highest BCUT2D eigenvalue weighted by atomic mass is 35.5. The summed E-state index contributed by atoms with van der Waals surface area (Å²) >= 11 is 8.61. The zero-order valence-corrected chi connectivity index (χ0v) is 22.0. The highest BCUT2D eigenvalue weighted by Crippen LogP contribution is 2.43. The Bertz CT molecular complexity index is 1420. The average molecular weight is 561 g/mol. The van der Waals surface area contributed by atoms with Gasteiger partial charge in [0.2, 0.25) is 0 Å². The van der Waals surface area contributed by atoms with E-state index in [0.29, 0.717) is 27.4 Å². The van der Waals surface area contributed by atoms with Crippen molar-refractivity contribution in [2.75, 3.05) is 32.2 Å². The summed E-state index contributed by atoms with van der Waals surface area (Å²) in [4.78, 5) is 48.2. The second kappa shape index (κ2) is 9.49. The predicted octanol–water partition coefficient (Wildman–Crippen LogP) is 0.755. The Morgan fingerprint density at radius 3 is 2.89 bits per heavy atom. The van der Waals surface area contributed by atoms with Crippen LogP contribution in [-0.2, 0) is 19.2 Å². The molecule has 0 saturated carbocycles. The molecule has 2 aromatic rings. The van der Waals surface area contributed by atoms with E-state index >= 15 is 0 Å². The molecule has 1 saturated heterocycles. The smallest absolute Gasteiger partial charge is 0.276 e. The molecule has 1 unspecified atom stereocenters. The van der Waals surface area contributed by atoms with Crippen molar-refractivity contribution in [1.82, 2.24) is 19.7 Å². The fraction of sp³-hybridized carbons (Fsp3) is 0.261. The van der Waals surface area contributed by atoms with Crippen LogP contribution in [0.4, 0.5) is 10.8 Å².